The minimum atomic E-state index is -0.383. The molecule has 3 N–H and O–H groups in total. The second kappa shape index (κ2) is 10.8. The molecule has 5 nitrogen and oxygen atoms in total. The topological polar surface area (TPSA) is 67.6 Å². The highest BCUT2D eigenvalue weighted by atomic mass is 35.5. The minimum absolute atomic E-state index is 0. The van der Waals surface area contributed by atoms with Crippen LogP contribution in [0.25, 0.3) is 0 Å². The highest BCUT2D eigenvalue weighted by Gasteiger charge is 2.25. The van der Waals surface area contributed by atoms with E-state index < -0.39 is 0 Å². The Morgan fingerprint density at radius 2 is 2.09 bits per heavy atom. The van der Waals surface area contributed by atoms with E-state index in [9.17, 15) is 4.79 Å². The Bertz CT molecular complexity index is 434. The third-order valence-corrected chi connectivity index (χ3v) is 3.61. The number of nitrogens with one attached hydrogen (secondary N) is 1. The third kappa shape index (κ3) is 6.10. The van der Waals surface area contributed by atoms with Crippen LogP contribution in [0.3, 0.4) is 0 Å². The van der Waals surface area contributed by atoms with Crippen LogP contribution in [0.15, 0.2) is 30.3 Å². The van der Waals surface area contributed by atoms with Crippen molar-refractivity contribution in [1.29, 1.82) is 0 Å². The van der Waals surface area contributed by atoms with Crippen molar-refractivity contribution in [3.05, 3.63) is 35.9 Å². The fraction of sp³-hybridized carbons (Fsp3) is 0.533. The predicted molar refractivity (Wildman–Crippen MR) is 92.7 cm³/mol. The van der Waals surface area contributed by atoms with E-state index in [2.05, 4.69) is 17.1 Å². The van der Waals surface area contributed by atoms with Gasteiger partial charge >= 0.3 is 0 Å². The number of benzene rings is 1. The number of ether oxygens (including phenoxy) is 1. The monoisotopic (exact) mass is 349 g/mol. The van der Waals surface area contributed by atoms with Crippen LogP contribution in [0.4, 0.5) is 0 Å². The lowest BCUT2D eigenvalue weighted by Gasteiger charge is -2.31. The molecular formula is C15H25Cl2N3O2. The van der Waals surface area contributed by atoms with Gasteiger partial charge in [-0.3, -0.25) is 9.69 Å². The van der Waals surface area contributed by atoms with Gasteiger partial charge in [0.05, 0.1) is 6.61 Å². The Hall–Kier alpha value is -0.850. The van der Waals surface area contributed by atoms with Crippen molar-refractivity contribution in [3.8, 4) is 0 Å². The van der Waals surface area contributed by atoms with E-state index in [1.165, 1.54) is 0 Å². The summed E-state index contributed by atoms with van der Waals surface area (Å²) in [5.74, 6) is -0.0745. The van der Waals surface area contributed by atoms with Crippen LogP contribution in [0, 0.1) is 0 Å². The van der Waals surface area contributed by atoms with Gasteiger partial charge in [-0.05, 0) is 12.1 Å². The van der Waals surface area contributed by atoms with E-state index in [1.54, 1.807) is 0 Å². The zero-order valence-electron chi connectivity index (χ0n) is 12.7. The molecule has 0 aromatic heterocycles. The maximum absolute atomic E-state index is 12.1. The Morgan fingerprint density at radius 1 is 1.41 bits per heavy atom. The van der Waals surface area contributed by atoms with Gasteiger partial charge in [0.15, 0.2) is 0 Å². The van der Waals surface area contributed by atoms with E-state index in [0.29, 0.717) is 19.7 Å². The van der Waals surface area contributed by atoms with E-state index in [4.69, 9.17) is 10.5 Å². The first-order chi connectivity index (χ1) is 9.70. The molecule has 1 amide bonds. The third-order valence-electron chi connectivity index (χ3n) is 3.61. The van der Waals surface area contributed by atoms with Crippen molar-refractivity contribution in [1.82, 2.24) is 10.2 Å². The van der Waals surface area contributed by atoms with Crippen LogP contribution in [0.5, 0.6) is 0 Å². The lowest BCUT2D eigenvalue weighted by Crippen LogP contribution is -2.50. The molecule has 126 valence electrons. The number of likely N-dealkylation sites (N-methyl/N-ethyl adjacent to an activating group) is 1. The van der Waals surface area contributed by atoms with Crippen molar-refractivity contribution < 1.29 is 9.53 Å². The molecule has 2 rings (SSSR count). The maximum atomic E-state index is 12.1. The van der Waals surface area contributed by atoms with Gasteiger partial charge in [-0.1, -0.05) is 37.3 Å². The minimum Gasteiger partial charge on any atom is -0.366 e. The number of halogens is 2. The summed E-state index contributed by atoms with van der Waals surface area (Å²) in [4.78, 5) is 14.3. The van der Waals surface area contributed by atoms with Crippen LogP contribution in [-0.4, -0.2) is 49.7 Å². The lowest BCUT2D eigenvalue weighted by atomic mass is 10.1. The van der Waals surface area contributed by atoms with Crippen LogP contribution in [-0.2, 0) is 9.53 Å². The van der Waals surface area contributed by atoms with Crippen LogP contribution >= 0.6 is 24.8 Å². The summed E-state index contributed by atoms with van der Waals surface area (Å²) in [5, 5.41) is 2.88. The Balaban J connectivity index is 0.00000220. The molecule has 0 saturated carbocycles. The van der Waals surface area contributed by atoms with Crippen LogP contribution in [0.2, 0.25) is 0 Å². The smallest absolute Gasteiger partial charge is 0.250 e. The first kappa shape index (κ1) is 21.1. The first-order valence-corrected chi connectivity index (χ1v) is 7.13. The largest absolute Gasteiger partial charge is 0.366 e. The number of rotatable bonds is 5. The van der Waals surface area contributed by atoms with E-state index in [0.717, 1.165) is 18.7 Å². The number of nitrogens with two attached hydrogens (primary N) is 1. The van der Waals surface area contributed by atoms with Crippen molar-refractivity contribution in [3.63, 3.8) is 0 Å². The van der Waals surface area contributed by atoms with E-state index >= 15 is 0 Å². The lowest BCUT2D eigenvalue weighted by molar-refractivity contribution is -0.138. The van der Waals surface area contributed by atoms with Gasteiger partial charge in [-0.25, -0.2) is 0 Å². The maximum Gasteiger partial charge on any atom is 0.250 e. The summed E-state index contributed by atoms with van der Waals surface area (Å²) in [5.41, 5.74) is 7.08. The number of nitrogens with zero attached hydrogens (tertiary/aromatic N) is 1. The molecule has 22 heavy (non-hydrogen) atoms. The Kier molecular flexibility index (Phi) is 10.4. The molecule has 0 spiro atoms. The zero-order valence-corrected chi connectivity index (χ0v) is 14.4. The first-order valence-electron chi connectivity index (χ1n) is 7.13. The molecule has 1 heterocycles. The van der Waals surface area contributed by atoms with Gasteiger partial charge in [0.1, 0.15) is 6.10 Å². The normalized spacial score (nSPS) is 19.5. The highest BCUT2D eigenvalue weighted by molar-refractivity contribution is 5.85. The molecule has 1 aliphatic heterocycles. The Labute approximate surface area is 144 Å². The van der Waals surface area contributed by atoms with Gasteiger partial charge in [-0.15, -0.1) is 24.8 Å². The molecule has 2 unspecified atom stereocenters. The number of morpholine rings is 1. The number of amides is 1. The summed E-state index contributed by atoms with van der Waals surface area (Å²) < 4.78 is 5.52. The molecule has 1 fully saturated rings. The fourth-order valence-corrected chi connectivity index (χ4v) is 2.29. The highest BCUT2D eigenvalue weighted by Crippen LogP contribution is 2.09. The fourth-order valence-electron chi connectivity index (χ4n) is 2.29. The average Bonchev–Trinajstić information content (AvgIpc) is 2.53. The van der Waals surface area contributed by atoms with Crippen molar-refractivity contribution in [2.45, 2.75) is 19.1 Å². The van der Waals surface area contributed by atoms with E-state index in [1.807, 2.05) is 30.3 Å². The average molecular weight is 350 g/mol. The summed E-state index contributed by atoms with van der Waals surface area (Å²) in [6.07, 6.45) is -0.383. The second-order valence-corrected chi connectivity index (χ2v) is 5.01. The van der Waals surface area contributed by atoms with Crippen molar-refractivity contribution in [2.75, 3.05) is 32.8 Å². The predicted octanol–water partition coefficient (Wildman–Crippen LogP) is 1.37. The molecule has 7 heteroatoms. The molecule has 1 aliphatic rings. The van der Waals surface area contributed by atoms with Crippen LogP contribution in [0.1, 0.15) is 18.5 Å². The molecule has 1 aromatic carbocycles. The summed E-state index contributed by atoms with van der Waals surface area (Å²) in [6.45, 7) is 5.61. The number of carbonyl (C=O) groups excluding carboxylic acids is 1. The van der Waals surface area contributed by atoms with Gasteiger partial charge in [0.25, 0.3) is 5.91 Å². The van der Waals surface area contributed by atoms with Crippen LogP contribution < -0.4 is 11.1 Å². The molecule has 2 atom stereocenters. The zero-order chi connectivity index (χ0) is 14.4. The van der Waals surface area contributed by atoms with Gasteiger partial charge in [0.2, 0.25) is 0 Å². The van der Waals surface area contributed by atoms with E-state index in [-0.39, 0.29) is 42.9 Å². The summed E-state index contributed by atoms with van der Waals surface area (Å²) in [7, 11) is 0. The van der Waals surface area contributed by atoms with Gasteiger partial charge < -0.3 is 15.8 Å². The number of hydrogen-bond donors (Lipinski definition) is 2. The molecule has 0 bridgehead atoms. The molecule has 1 aromatic rings. The molecule has 0 aliphatic carbocycles. The summed E-state index contributed by atoms with van der Waals surface area (Å²) in [6, 6.07) is 9.58. The number of carbonyl (C=O) groups is 1. The number of hydrogen-bond acceptors (Lipinski definition) is 4. The quantitative estimate of drug-likeness (QED) is 0.842. The summed E-state index contributed by atoms with van der Waals surface area (Å²) >= 11 is 0. The molecule has 1 saturated heterocycles. The Morgan fingerprint density at radius 3 is 2.73 bits per heavy atom. The van der Waals surface area contributed by atoms with Gasteiger partial charge in [0, 0.05) is 25.7 Å². The molecule has 0 radical (unpaired) electrons. The second-order valence-electron chi connectivity index (χ2n) is 5.01. The van der Waals surface area contributed by atoms with Crippen molar-refractivity contribution >= 4 is 30.7 Å². The van der Waals surface area contributed by atoms with Gasteiger partial charge in [-0.2, -0.15) is 0 Å². The standard InChI is InChI=1S/C15H23N3O2.2ClH/c1-2-18-8-9-20-14(11-18)15(19)17-10-13(16)12-6-4-3-5-7-12;;/h3-7,13-14H,2,8-11,16H2,1H3,(H,17,19);2*1H. The molecular weight excluding hydrogens is 325 g/mol. The SMILES string of the molecule is CCN1CCOC(C(=O)NCC(N)c2ccccc2)C1.Cl.Cl. The van der Waals surface area contributed by atoms with Crippen molar-refractivity contribution in [2.24, 2.45) is 5.73 Å².